The van der Waals surface area contributed by atoms with Crippen LogP contribution in [-0.2, 0) is 0 Å². The first kappa shape index (κ1) is 13.1. The third-order valence-electron chi connectivity index (χ3n) is 1.71. The predicted octanol–water partition coefficient (Wildman–Crippen LogP) is 2.20. The Kier molecular flexibility index (Phi) is 11.4. The minimum absolute atomic E-state index is 0.135. The quantitative estimate of drug-likeness (QED) is 0.461. The van der Waals surface area contributed by atoms with Crippen LogP contribution in [-0.4, -0.2) is 23.4 Å². The van der Waals surface area contributed by atoms with E-state index in [1.807, 2.05) is 12.2 Å². The van der Waals surface area contributed by atoms with Gasteiger partial charge in [0.1, 0.15) is 0 Å². The molecule has 0 aliphatic rings. The first-order valence-electron chi connectivity index (χ1n) is 5.08. The van der Waals surface area contributed by atoms with Crippen LogP contribution in [0.5, 0.6) is 0 Å². The fourth-order valence-electron chi connectivity index (χ4n) is 1.01. The Hall–Kier alpha value is -0.860. The van der Waals surface area contributed by atoms with Crippen LogP contribution in [0.4, 0.5) is 0 Å². The van der Waals surface area contributed by atoms with Crippen molar-refractivity contribution < 1.29 is 10.2 Å². The van der Waals surface area contributed by atoms with Crippen LogP contribution in [0.2, 0.25) is 0 Å². The lowest BCUT2D eigenvalue weighted by Gasteiger charge is -1.88. The Labute approximate surface area is 86.3 Å². The van der Waals surface area contributed by atoms with Gasteiger partial charge in [-0.1, -0.05) is 36.5 Å². The summed E-state index contributed by atoms with van der Waals surface area (Å²) in [6.07, 6.45) is 15.8. The van der Waals surface area contributed by atoms with Gasteiger partial charge in [-0.15, -0.1) is 0 Å². The molecule has 0 heterocycles. The van der Waals surface area contributed by atoms with Gasteiger partial charge < -0.3 is 10.2 Å². The molecule has 0 aromatic rings. The average molecular weight is 196 g/mol. The van der Waals surface area contributed by atoms with E-state index in [9.17, 15) is 0 Å². The van der Waals surface area contributed by atoms with Crippen molar-refractivity contribution in [1.82, 2.24) is 0 Å². The van der Waals surface area contributed by atoms with E-state index >= 15 is 0 Å². The van der Waals surface area contributed by atoms with Crippen LogP contribution in [0.1, 0.15) is 25.7 Å². The Balaban J connectivity index is 3.19. The van der Waals surface area contributed by atoms with Crippen LogP contribution < -0.4 is 0 Å². The molecule has 0 bridgehead atoms. The molecule has 0 rings (SSSR count). The maximum absolute atomic E-state index is 8.46. The maximum atomic E-state index is 8.46. The van der Waals surface area contributed by atoms with Gasteiger partial charge in [-0.25, -0.2) is 0 Å². The molecule has 80 valence electrons. The van der Waals surface area contributed by atoms with Crippen molar-refractivity contribution in [3.63, 3.8) is 0 Å². The number of unbranched alkanes of at least 4 members (excludes halogenated alkanes) is 2. The molecule has 2 N–H and O–H groups in total. The van der Waals surface area contributed by atoms with Crippen LogP contribution in [0, 0.1) is 0 Å². The van der Waals surface area contributed by atoms with Crippen molar-refractivity contribution in [2.45, 2.75) is 25.7 Å². The molecule has 2 heteroatoms. The van der Waals surface area contributed by atoms with Gasteiger partial charge in [0.2, 0.25) is 0 Å². The molecule has 0 spiro atoms. The summed E-state index contributed by atoms with van der Waals surface area (Å²) in [5, 5.41) is 16.9. The number of hydrogen-bond acceptors (Lipinski definition) is 2. The molecule has 0 saturated heterocycles. The molecule has 0 aromatic carbocycles. The van der Waals surface area contributed by atoms with E-state index in [0.29, 0.717) is 0 Å². The normalized spacial score (nSPS) is 12.4. The Bertz CT molecular complexity index is 161. The van der Waals surface area contributed by atoms with E-state index in [2.05, 4.69) is 12.2 Å². The Morgan fingerprint density at radius 3 is 1.07 bits per heavy atom. The minimum atomic E-state index is 0.135. The zero-order valence-corrected chi connectivity index (χ0v) is 8.60. The maximum Gasteiger partial charge on any atom is 0.0612 e. The van der Waals surface area contributed by atoms with Gasteiger partial charge in [0.05, 0.1) is 13.2 Å². The van der Waals surface area contributed by atoms with Gasteiger partial charge in [0, 0.05) is 0 Å². The van der Waals surface area contributed by atoms with Gasteiger partial charge >= 0.3 is 0 Å². The molecule has 0 atom stereocenters. The van der Waals surface area contributed by atoms with Crippen molar-refractivity contribution in [1.29, 1.82) is 0 Å². The van der Waals surface area contributed by atoms with Gasteiger partial charge in [-0.3, -0.25) is 0 Å². The summed E-state index contributed by atoms with van der Waals surface area (Å²) in [6, 6.07) is 0. The summed E-state index contributed by atoms with van der Waals surface area (Å²) in [7, 11) is 0. The second kappa shape index (κ2) is 12.1. The molecular weight excluding hydrogens is 176 g/mol. The Morgan fingerprint density at radius 2 is 0.786 bits per heavy atom. The second-order valence-electron chi connectivity index (χ2n) is 2.93. The molecule has 0 radical (unpaired) electrons. The average Bonchev–Trinajstić information content (AvgIpc) is 2.21. The third-order valence-corrected chi connectivity index (χ3v) is 1.71. The van der Waals surface area contributed by atoms with Gasteiger partial charge in [-0.2, -0.15) is 0 Å². The highest BCUT2D eigenvalue weighted by Gasteiger charge is 1.78. The van der Waals surface area contributed by atoms with Crippen molar-refractivity contribution in [3.8, 4) is 0 Å². The largest absolute Gasteiger partial charge is 0.392 e. The zero-order chi connectivity index (χ0) is 10.5. The topological polar surface area (TPSA) is 40.5 Å². The molecule has 0 amide bonds. The summed E-state index contributed by atoms with van der Waals surface area (Å²) in [5.74, 6) is 0. The number of rotatable bonds is 8. The summed E-state index contributed by atoms with van der Waals surface area (Å²) in [6.45, 7) is 0.269. The standard InChI is InChI=1S/C12H20O2/c13-11-9-7-5-3-1-2-4-6-8-10-12-14/h1-2,7-10,13-14H,3-6,11-12H2/b2-1+,9-7+,10-8+. The Morgan fingerprint density at radius 1 is 0.500 bits per heavy atom. The molecular formula is C12H20O2. The van der Waals surface area contributed by atoms with Crippen molar-refractivity contribution in [3.05, 3.63) is 36.5 Å². The molecule has 0 unspecified atom stereocenters. The lowest BCUT2D eigenvalue weighted by Crippen LogP contribution is -1.72. The van der Waals surface area contributed by atoms with Crippen molar-refractivity contribution >= 4 is 0 Å². The van der Waals surface area contributed by atoms with Crippen LogP contribution in [0.15, 0.2) is 36.5 Å². The SMILES string of the molecule is OC/C=C/CC/C=C/CC/C=C/CO. The number of hydrogen-bond donors (Lipinski definition) is 2. The van der Waals surface area contributed by atoms with Gasteiger partial charge in [-0.05, 0) is 25.7 Å². The summed E-state index contributed by atoms with van der Waals surface area (Å²) in [4.78, 5) is 0. The highest BCUT2D eigenvalue weighted by atomic mass is 16.3. The van der Waals surface area contributed by atoms with Crippen LogP contribution in [0.25, 0.3) is 0 Å². The van der Waals surface area contributed by atoms with E-state index in [1.165, 1.54) is 0 Å². The van der Waals surface area contributed by atoms with E-state index in [4.69, 9.17) is 10.2 Å². The van der Waals surface area contributed by atoms with E-state index < -0.39 is 0 Å². The van der Waals surface area contributed by atoms with E-state index in [-0.39, 0.29) is 13.2 Å². The van der Waals surface area contributed by atoms with Gasteiger partial charge in [0.25, 0.3) is 0 Å². The number of allylic oxidation sites excluding steroid dienone is 4. The fraction of sp³-hybridized carbons (Fsp3) is 0.500. The first-order valence-corrected chi connectivity index (χ1v) is 5.08. The first-order chi connectivity index (χ1) is 6.91. The molecule has 2 nitrogen and oxygen atoms in total. The van der Waals surface area contributed by atoms with Crippen molar-refractivity contribution in [2.75, 3.05) is 13.2 Å². The molecule has 0 fully saturated rings. The lowest BCUT2D eigenvalue weighted by atomic mass is 10.2. The lowest BCUT2D eigenvalue weighted by molar-refractivity contribution is 0.342. The van der Waals surface area contributed by atoms with Gasteiger partial charge in [0.15, 0.2) is 0 Å². The van der Waals surface area contributed by atoms with Crippen LogP contribution >= 0.6 is 0 Å². The summed E-state index contributed by atoms with van der Waals surface area (Å²) >= 11 is 0. The van der Waals surface area contributed by atoms with Crippen molar-refractivity contribution in [2.24, 2.45) is 0 Å². The molecule has 14 heavy (non-hydrogen) atoms. The van der Waals surface area contributed by atoms with E-state index in [1.54, 1.807) is 12.2 Å². The summed E-state index contributed by atoms with van der Waals surface area (Å²) in [5.41, 5.74) is 0. The molecule has 0 aliphatic heterocycles. The number of aliphatic hydroxyl groups excluding tert-OH is 2. The number of aliphatic hydroxyl groups is 2. The second-order valence-corrected chi connectivity index (χ2v) is 2.93. The predicted molar refractivity (Wildman–Crippen MR) is 60.1 cm³/mol. The third kappa shape index (κ3) is 11.1. The fourth-order valence-corrected chi connectivity index (χ4v) is 1.01. The highest BCUT2D eigenvalue weighted by molar-refractivity contribution is 4.90. The monoisotopic (exact) mass is 196 g/mol. The zero-order valence-electron chi connectivity index (χ0n) is 8.60. The molecule has 0 saturated carbocycles. The van der Waals surface area contributed by atoms with E-state index in [0.717, 1.165) is 25.7 Å². The molecule has 0 aromatic heterocycles. The summed E-state index contributed by atoms with van der Waals surface area (Å²) < 4.78 is 0. The minimum Gasteiger partial charge on any atom is -0.392 e. The highest BCUT2D eigenvalue weighted by Crippen LogP contribution is 1.97. The smallest absolute Gasteiger partial charge is 0.0612 e. The molecule has 0 aliphatic carbocycles. The van der Waals surface area contributed by atoms with Crippen LogP contribution in [0.3, 0.4) is 0 Å².